The van der Waals surface area contributed by atoms with Crippen LogP contribution >= 0.6 is 34.8 Å². The van der Waals surface area contributed by atoms with E-state index in [9.17, 15) is 4.79 Å². The molecule has 152 valence electrons. The van der Waals surface area contributed by atoms with E-state index in [1.165, 1.54) is 6.07 Å². The predicted molar refractivity (Wildman–Crippen MR) is 117 cm³/mol. The highest BCUT2D eigenvalue weighted by Gasteiger charge is 2.29. The van der Waals surface area contributed by atoms with E-state index in [2.05, 4.69) is 15.2 Å². The van der Waals surface area contributed by atoms with Crippen molar-refractivity contribution in [2.45, 2.75) is 31.7 Å². The number of hydrogen-bond acceptors (Lipinski definition) is 4. The van der Waals surface area contributed by atoms with Crippen molar-refractivity contribution in [3.63, 3.8) is 0 Å². The van der Waals surface area contributed by atoms with Gasteiger partial charge in [-0.05, 0) is 57.1 Å². The largest absolute Gasteiger partial charge is 0.440 e. The Labute approximate surface area is 183 Å². The van der Waals surface area contributed by atoms with Gasteiger partial charge in [0.15, 0.2) is 11.5 Å². The van der Waals surface area contributed by atoms with Crippen LogP contribution in [0.2, 0.25) is 15.1 Å². The Bertz CT molecular complexity index is 1010. The highest BCUT2D eigenvalue weighted by molar-refractivity contribution is 6.44. The van der Waals surface area contributed by atoms with Crippen molar-refractivity contribution in [2.24, 2.45) is 0 Å². The summed E-state index contributed by atoms with van der Waals surface area (Å²) in [6.07, 6.45) is 1.77. The van der Waals surface area contributed by atoms with Crippen molar-refractivity contribution >= 4 is 57.5 Å². The van der Waals surface area contributed by atoms with Crippen LogP contribution in [0.4, 0.5) is 5.69 Å². The number of amides is 1. The smallest absolute Gasteiger partial charge is 0.241 e. The first-order valence-corrected chi connectivity index (χ1v) is 10.6. The van der Waals surface area contributed by atoms with Gasteiger partial charge in [0.1, 0.15) is 5.52 Å². The monoisotopic (exact) mass is 451 g/mol. The first-order valence-electron chi connectivity index (χ1n) is 9.47. The van der Waals surface area contributed by atoms with Gasteiger partial charge in [0, 0.05) is 5.92 Å². The molecule has 2 aromatic carbocycles. The molecule has 0 bridgehead atoms. The van der Waals surface area contributed by atoms with E-state index in [4.69, 9.17) is 39.2 Å². The summed E-state index contributed by atoms with van der Waals surface area (Å²) in [5.74, 6) is 0.912. The van der Waals surface area contributed by atoms with E-state index in [0.717, 1.165) is 42.9 Å². The van der Waals surface area contributed by atoms with Gasteiger partial charge in [0.25, 0.3) is 0 Å². The number of rotatable bonds is 4. The molecule has 1 aromatic heterocycles. The second-order valence-corrected chi connectivity index (χ2v) is 8.46. The SMILES string of the molecule is C[C@@H](C(=O)Nc1cc(Cl)c(Cl)cc1Cl)N1CCC(c2nc3ccccc3o2)CC1. The van der Waals surface area contributed by atoms with Crippen LogP contribution in [-0.2, 0) is 4.79 Å². The number of carbonyl (C=O) groups is 1. The molecule has 1 atom stereocenters. The third-order valence-corrected chi connectivity index (χ3v) is 6.42. The van der Waals surface area contributed by atoms with E-state index in [1.807, 2.05) is 31.2 Å². The maximum atomic E-state index is 12.7. The highest BCUT2D eigenvalue weighted by Crippen LogP contribution is 2.33. The van der Waals surface area contributed by atoms with Gasteiger partial charge in [-0.25, -0.2) is 4.98 Å². The zero-order chi connectivity index (χ0) is 20.5. The third kappa shape index (κ3) is 4.38. The molecule has 5 nitrogen and oxygen atoms in total. The summed E-state index contributed by atoms with van der Waals surface area (Å²) in [5.41, 5.74) is 2.16. The molecular formula is C21H20Cl3N3O2. The van der Waals surface area contributed by atoms with Crippen LogP contribution < -0.4 is 5.32 Å². The fourth-order valence-corrected chi connectivity index (χ4v) is 4.21. The Balaban J connectivity index is 1.37. The van der Waals surface area contributed by atoms with Crippen molar-refractivity contribution < 1.29 is 9.21 Å². The van der Waals surface area contributed by atoms with Crippen LogP contribution in [0.1, 0.15) is 31.6 Å². The standard InChI is InChI=1S/C21H20Cl3N3O2/c1-12(20(28)25-18-11-15(23)14(22)10-16(18)24)27-8-6-13(7-9-27)21-26-17-4-2-3-5-19(17)29-21/h2-5,10-13H,6-9H2,1H3,(H,25,28)/t12-/m0/s1. The lowest BCUT2D eigenvalue weighted by Crippen LogP contribution is -2.45. The Morgan fingerprint density at radius 1 is 1.14 bits per heavy atom. The zero-order valence-electron chi connectivity index (χ0n) is 15.8. The molecule has 2 heterocycles. The molecule has 0 saturated carbocycles. The van der Waals surface area contributed by atoms with Crippen molar-refractivity contribution in [1.29, 1.82) is 0 Å². The van der Waals surface area contributed by atoms with Gasteiger partial charge in [-0.2, -0.15) is 0 Å². The topological polar surface area (TPSA) is 58.4 Å². The van der Waals surface area contributed by atoms with Crippen molar-refractivity contribution in [3.8, 4) is 0 Å². The normalized spacial score (nSPS) is 16.8. The molecule has 1 aliphatic heterocycles. The second-order valence-electron chi connectivity index (χ2n) is 7.24. The zero-order valence-corrected chi connectivity index (χ0v) is 18.1. The Hall–Kier alpha value is -1.79. The second kappa shape index (κ2) is 8.52. The average molecular weight is 453 g/mol. The molecule has 1 fully saturated rings. The molecule has 3 aromatic rings. The molecule has 0 aliphatic carbocycles. The van der Waals surface area contributed by atoms with Crippen LogP contribution in [0.15, 0.2) is 40.8 Å². The summed E-state index contributed by atoms with van der Waals surface area (Å²) in [7, 11) is 0. The Morgan fingerprint density at radius 3 is 2.55 bits per heavy atom. The fourth-order valence-electron chi connectivity index (χ4n) is 3.62. The molecule has 1 aliphatic rings. The minimum absolute atomic E-state index is 0.134. The molecule has 1 saturated heterocycles. The number of benzene rings is 2. The molecule has 4 rings (SSSR count). The Kier molecular flexibility index (Phi) is 6.02. The van der Waals surface area contributed by atoms with Crippen LogP contribution in [0.5, 0.6) is 0 Å². The number of hydrogen-bond donors (Lipinski definition) is 1. The van der Waals surface area contributed by atoms with Crippen molar-refractivity contribution in [2.75, 3.05) is 18.4 Å². The van der Waals surface area contributed by atoms with E-state index >= 15 is 0 Å². The van der Waals surface area contributed by atoms with E-state index in [-0.39, 0.29) is 17.9 Å². The number of piperidine rings is 1. The van der Waals surface area contributed by atoms with Gasteiger partial charge in [0.2, 0.25) is 5.91 Å². The summed E-state index contributed by atoms with van der Waals surface area (Å²) < 4.78 is 5.92. The quantitative estimate of drug-likeness (QED) is 0.494. The van der Waals surface area contributed by atoms with Gasteiger partial charge in [0.05, 0.1) is 26.8 Å². The predicted octanol–water partition coefficient (Wildman–Crippen LogP) is 5.99. The van der Waals surface area contributed by atoms with E-state index in [0.29, 0.717) is 20.8 Å². The molecule has 1 N–H and O–H groups in total. The van der Waals surface area contributed by atoms with E-state index < -0.39 is 0 Å². The first-order chi connectivity index (χ1) is 13.9. The Morgan fingerprint density at radius 2 is 1.83 bits per heavy atom. The molecule has 0 radical (unpaired) electrons. The number of nitrogens with zero attached hydrogens (tertiary/aromatic N) is 2. The third-order valence-electron chi connectivity index (χ3n) is 5.38. The van der Waals surface area contributed by atoms with Crippen LogP contribution in [0.25, 0.3) is 11.1 Å². The molecule has 0 unspecified atom stereocenters. The van der Waals surface area contributed by atoms with Gasteiger partial charge in [-0.3, -0.25) is 9.69 Å². The molecule has 0 spiro atoms. The lowest BCUT2D eigenvalue weighted by molar-refractivity contribution is -0.121. The first kappa shape index (κ1) is 20.5. The summed E-state index contributed by atoms with van der Waals surface area (Å²) >= 11 is 18.1. The summed E-state index contributed by atoms with van der Waals surface area (Å²) in [6, 6.07) is 10.6. The maximum absolute atomic E-state index is 12.7. The van der Waals surface area contributed by atoms with Crippen LogP contribution in [0.3, 0.4) is 0 Å². The summed E-state index contributed by atoms with van der Waals surface area (Å²) in [5, 5.41) is 3.90. The summed E-state index contributed by atoms with van der Waals surface area (Å²) in [6.45, 7) is 3.46. The lowest BCUT2D eigenvalue weighted by Gasteiger charge is -2.34. The summed E-state index contributed by atoms with van der Waals surface area (Å²) in [4.78, 5) is 19.5. The number of oxazole rings is 1. The number of carbonyl (C=O) groups excluding carboxylic acids is 1. The number of anilines is 1. The highest BCUT2D eigenvalue weighted by atomic mass is 35.5. The number of likely N-dealkylation sites (tertiary alicyclic amines) is 1. The van der Waals surface area contributed by atoms with Gasteiger partial charge >= 0.3 is 0 Å². The number of aromatic nitrogens is 1. The molecule has 1 amide bonds. The number of nitrogens with one attached hydrogen (secondary N) is 1. The van der Waals surface area contributed by atoms with Crippen molar-refractivity contribution in [1.82, 2.24) is 9.88 Å². The lowest BCUT2D eigenvalue weighted by atomic mass is 9.95. The van der Waals surface area contributed by atoms with Crippen LogP contribution in [-0.4, -0.2) is 34.9 Å². The minimum atomic E-state index is -0.301. The van der Waals surface area contributed by atoms with E-state index in [1.54, 1.807) is 6.07 Å². The molecule has 8 heteroatoms. The minimum Gasteiger partial charge on any atom is -0.440 e. The average Bonchev–Trinajstić information content (AvgIpc) is 3.16. The maximum Gasteiger partial charge on any atom is 0.241 e. The van der Waals surface area contributed by atoms with Gasteiger partial charge < -0.3 is 9.73 Å². The number of halogens is 3. The fraction of sp³-hybridized carbons (Fsp3) is 0.333. The van der Waals surface area contributed by atoms with Gasteiger partial charge in [-0.15, -0.1) is 0 Å². The van der Waals surface area contributed by atoms with Crippen molar-refractivity contribution in [3.05, 3.63) is 57.4 Å². The number of fused-ring (bicyclic) bond motifs is 1. The van der Waals surface area contributed by atoms with Gasteiger partial charge in [-0.1, -0.05) is 46.9 Å². The molecular weight excluding hydrogens is 433 g/mol. The number of para-hydroxylation sites is 2. The van der Waals surface area contributed by atoms with Crippen LogP contribution in [0, 0.1) is 0 Å². The molecule has 29 heavy (non-hydrogen) atoms.